The highest BCUT2D eigenvalue weighted by atomic mass is 35.5. The average molecular weight is 316 g/mol. The van der Waals surface area contributed by atoms with Crippen molar-refractivity contribution in [3.8, 4) is 0 Å². The molecule has 0 N–H and O–H groups in total. The Labute approximate surface area is 124 Å². The number of hydrogen-bond acceptors (Lipinski definition) is 4. The van der Waals surface area contributed by atoms with E-state index in [1.807, 2.05) is 0 Å². The summed E-state index contributed by atoms with van der Waals surface area (Å²) in [6.07, 6.45) is 2.97. The molecule has 0 amide bonds. The molecule has 0 aliphatic heterocycles. The molecule has 21 heavy (non-hydrogen) atoms. The van der Waals surface area contributed by atoms with Crippen LogP contribution in [0.15, 0.2) is 17.1 Å². The third-order valence-electron chi connectivity index (χ3n) is 3.01. The molecule has 1 atom stereocenters. The highest BCUT2D eigenvalue weighted by Gasteiger charge is 2.30. The van der Waals surface area contributed by atoms with Crippen LogP contribution in [-0.2, 0) is 9.53 Å². The van der Waals surface area contributed by atoms with Gasteiger partial charge in [-0.15, -0.1) is 0 Å². The summed E-state index contributed by atoms with van der Waals surface area (Å²) in [4.78, 5) is 28.0. The molecule has 1 aromatic rings. The molecule has 112 valence electrons. The van der Waals surface area contributed by atoms with E-state index in [0.29, 0.717) is 12.1 Å². The summed E-state index contributed by atoms with van der Waals surface area (Å²) in [7, 11) is 1.13. The van der Waals surface area contributed by atoms with Crippen LogP contribution >= 0.6 is 11.6 Å². The minimum Gasteiger partial charge on any atom is -0.468 e. The number of benzene rings is 1. The van der Waals surface area contributed by atoms with E-state index in [-0.39, 0.29) is 16.6 Å². The predicted octanol–water partition coefficient (Wildman–Crippen LogP) is 2.82. The van der Waals surface area contributed by atoms with E-state index in [1.54, 1.807) is 0 Å². The summed E-state index contributed by atoms with van der Waals surface area (Å²) >= 11 is 5.74. The molecule has 4 nitrogen and oxygen atoms in total. The molecule has 0 radical (unpaired) electrons. The van der Waals surface area contributed by atoms with Crippen molar-refractivity contribution in [3.05, 3.63) is 34.4 Å². The molecule has 1 aliphatic carbocycles. The lowest BCUT2D eigenvalue weighted by Gasteiger charge is -2.10. The van der Waals surface area contributed by atoms with Gasteiger partial charge < -0.3 is 4.74 Å². The van der Waals surface area contributed by atoms with Crippen LogP contribution in [0, 0.1) is 17.6 Å². The minimum absolute atomic E-state index is 0.102. The first-order valence-electron chi connectivity index (χ1n) is 6.24. The van der Waals surface area contributed by atoms with Crippen molar-refractivity contribution in [2.24, 2.45) is 10.9 Å². The lowest BCUT2D eigenvalue weighted by Crippen LogP contribution is -2.27. The van der Waals surface area contributed by atoms with Crippen molar-refractivity contribution in [1.29, 1.82) is 0 Å². The van der Waals surface area contributed by atoms with Gasteiger partial charge in [-0.1, -0.05) is 11.6 Å². The third kappa shape index (κ3) is 3.64. The number of ketones is 1. The summed E-state index contributed by atoms with van der Waals surface area (Å²) < 4.78 is 30.8. The number of hydrogen-bond donors (Lipinski definition) is 0. The number of esters is 1. The fraction of sp³-hybridized carbons (Fsp3) is 0.357. The smallest absolute Gasteiger partial charge is 0.322 e. The first-order valence-corrected chi connectivity index (χ1v) is 6.61. The summed E-state index contributed by atoms with van der Waals surface area (Å²) in [5.41, 5.74) is -0.284. The summed E-state index contributed by atoms with van der Waals surface area (Å²) in [5.74, 6) is -5.32. The Hall–Kier alpha value is -1.82. The quantitative estimate of drug-likeness (QED) is 0.276. The zero-order valence-corrected chi connectivity index (χ0v) is 11.9. The maximum Gasteiger partial charge on any atom is 0.322 e. The number of rotatable bonds is 5. The summed E-state index contributed by atoms with van der Waals surface area (Å²) in [6.45, 7) is 0. The number of Topliss-reactive ketones (excluding diaryl/α,β-unsaturated/α-hetero) is 1. The van der Waals surface area contributed by atoms with Crippen molar-refractivity contribution in [2.45, 2.75) is 18.9 Å². The molecule has 2 rings (SSSR count). The highest BCUT2D eigenvalue weighted by molar-refractivity contribution is 6.35. The molecule has 0 saturated heterocycles. The van der Waals surface area contributed by atoms with Crippen LogP contribution in [0.3, 0.4) is 0 Å². The van der Waals surface area contributed by atoms with E-state index < -0.39 is 29.3 Å². The van der Waals surface area contributed by atoms with Gasteiger partial charge in [0.15, 0.2) is 23.3 Å². The third-order valence-corrected chi connectivity index (χ3v) is 3.32. The van der Waals surface area contributed by atoms with Gasteiger partial charge in [-0.25, -0.2) is 8.78 Å². The van der Waals surface area contributed by atoms with Gasteiger partial charge in [0.1, 0.15) is 0 Å². The zero-order valence-electron chi connectivity index (χ0n) is 11.1. The van der Waals surface area contributed by atoms with Crippen LogP contribution in [0.5, 0.6) is 0 Å². The normalized spacial score (nSPS) is 16.0. The Morgan fingerprint density at radius 1 is 1.38 bits per heavy atom. The standard InChI is InChI=1S/C14H12ClF2NO3/c1-21-14(20)9(6-18-7-2-3-7)13(19)8-4-11(16)12(17)5-10(8)15/h4-7,9H,2-3H2,1H3. The predicted molar refractivity (Wildman–Crippen MR) is 72.7 cm³/mol. The van der Waals surface area contributed by atoms with Gasteiger partial charge in [0.25, 0.3) is 0 Å². The Kier molecular flexibility index (Phi) is 4.67. The van der Waals surface area contributed by atoms with Gasteiger partial charge >= 0.3 is 5.97 Å². The van der Waals surface area contributed by atoms with E-state index in [1.165, 1.54) is 6.21 Å². The van der Waals surface area contributed by atoms with E-state index >= 15 is 0 Å². The van der Waals surface area contributed by atoms with Crippen LogP contribution < -0.4 is 0 Å². The Morgan fingerprint density at radius 2 is 2.00 bits per heavy atom. The molecule has 1 aromatic carbocycles. The Bertz CT molecular complexity index is 614. The number of carbonyl (C=O) groups excluding carboxylic acids is 2. The van der Waals surface area contributed by atoms with Gasteiger partial charge in [-0.3, -0.25) is 14.6 Å². The van der Waals surface area contributed by atoms with Crippen molar-refractivity contribution < 1.29 is 23.1 Å². The molecule has 1 aliphatic rings. The van der Waals surface area contributed by atoms with Crippen LogP contribution in [0.1, 0.15) is 23.2 Å². The van der Waals surface area contributed by atoms with Gasteiger partial charge in [0.2, 0.25) is 0 Å². The molecule has 7 heteroatoms. The fourth-order valence-electron chi connectivity index (χ4n) is 1.67. The second kappa shape index (κ2) is 6.30. The van der Waals surface area contributed by atoms with Gasteiger partial charge in [-0.2, -0.15) is 0 Å². The topological polar surface area (TPSA) is 55.7 Å². The van der Waals surface area contributed by atoms with Gasteiger partial charge in [0, 0.05) is 17.8 Å². The molecule has 0 bridgehead atoms. The molecular formula is C14H12ClF2NO3. The first-order chi connectivity index (χ1) is 9.93. The van der Waals surface area contributed by atoms with E-state index in [4.69, 9.17) is 11.6 Å². The molecule has 0 spiro atoms. The molecule has 1 saturated carbocycles. The molecule has 1 fully saturated rings. The van der Waals surface area contributed by atoms with Crippen LogP contribution in [-0.4, -0.2) is 31.1 Å². The molecular weight excluding hydrogens is 304 g/mol. The van der Waals surface area contributed by atoms with Crippen molar-refractivity contribution in [2.75, 3.05) is 7.11 Å². The number of carbonyl (C=O) groups is 2. The van der Waals surface area contributed by atoms with Gasteiger partial charge in [0.05, 0.1) is 12.1 Å². The molecule has 0 aromatic heterocycles. The first kappa shape index (κ1) is 15.6. The largest absolute Gasteiger partial charge is 0.468 e. The lowest BCUT2D eigenvalue weighted by molar-refractivity contribution is -0.141. The number of halogens is 3. The SMILES string of the molecule is COC(=O)C(C=NC1CC1)C(=O)c1cc(F)c(F)cc1Cl. The van der Waals surface area contributed by atoms with Crippen LogP contribution in [0.2, 0.25) is 5.02 Å². The maximum atomic E-state index is 13.3. The number of ether oxygens (including phenoxy) is 1. The number of methoxy groups -OCH3 is 1. The second-order valence-electron chi connectivity index (χ2n) is 4.64. The van der Waals surface area contributed by atoms with E-state index in [0.717, 1.165) is 20.0 Å². The van der Waals surface area contributed by atoms with Crippen molar-refractivity contribution >= 4 is 29.6 Å². The number of nitrogens with zero attached hydrogens (tertiary/aromatic N) is 1. The fourth-order valence-corrected chi connectivity index (χ4v) is 1.92. The Balaban J connectivity index is 2.32. The zero-order chi connectivity index (χ0) is 15.6. The lowest BCUT2D eigenvalue weighted by atomic mass is 9.98. The van der Waals surface area contributed by atoms with Crippen molar-refractivity contribution in [1.82, 2.24) is 0 Å². The summed E-state index contributed by atoms with van der Waals surface area (Å²) in [6, 6.07) is 1.46. The second-order valence-corrected chi connectivity index (χ2v) is 5.05. The highest BCUT2D eigenvalue weighted by Crippen LogP contribution is 2.25. The monoisotopic (exact) mass is 315 g/mol. The minimum atomic E-state index is -1.32. The maximum absolute atomic E-state index is 13.3. The number of aliphatic imine (C=N–C) groups is 1. The van der Waals surface area contributed by atoms with Gasteiger partial charge in [-0.05, 0) is 25.0 Å². The van der Waals surface area contributed by atoms with Crippen LogP contribution in [0.25, 0.3) is 0 Å². The van der Waals surface area contributed by atoms with E-state index in [9.17, 15) is 18.4 Å². The Morgan fingerprint density at radius 3 is 2.57 bits per heavy atom. The van der Waals surface area contributed by atoms with Crippen molar-refractivity contribution in [3.63, 3.8) is 0 Å². The summed E-state index contributed by atoms with van der Waals surface area (Å²) in [5, 5.41) is -0.271. The molecule has 1 unspecified atom stereocenters. The molecule has 0 heterocycles. The van der Waals surface area contributed by atoms with E-state index in [2.05, 4.69) is 9.73 Å². The van der Waals surface area contributed by atoms with Crippen LogP contribution in [0.4, 0.5) is 8.78 Å². The average Bonchev–Trinajstić information content (AvgIpc) is 3.26.